The van der Waals surface area contributed by atoms with Gasteiger partial charge in [0.2, 0.25) is 5.75 Å². The Labute approximate surface area is 196 Å². The van der Waals surface area contributed by atoms with E-state index in [-0.39, 0.29) is 24.1 Å². The number of halogens is 9. The second-order valence-corrected chi connectivity index (χ2v) is 8.65. The van der Waals surface area contributed by atoms with Crippen LogP contribution in [0.25, 0.3) is 0 Å². The van der Waals surface area contributed by atoms with Crippen molar-refractivity contribution in [2.45, 2.75) is 64.3 Å². The summed E-state index contributed by atoms with van der Waals surface area (Å²) in [6.45, 7) is 2.13. The molecule has 0 spiro atoms. The van der Waals surface area contributed by atoms with E-state index in [1.165, 1.54) is 0 Å². The SMILES string of the molecule is CC[C@H]1CC[C@H](CCc2cc(F)c(C(F)(F)Oc3cc(F)c(OC(F)(F)F)c(F)c3)c(F)c2)CC1. The fraction of sp³-hybridized carbons (Fsp3) is 0.500. The van der Waals surface area contributed by atoms with Gasteiger partial charge in [-0.05, 0) is 42.4 Å². The molecule has 0 amide bonds. The average Bonchev–Trinajstić information content (AvgIpc) is 2.73. The summed E-state index contributed by atoms with van der Waals surface area (Å²) in [7, 11) is 0. The largest absolute Gasteiger partial charge is 0.573 e. The highest BCUT2D eigenvalue weighted by molar-refractivity contribution is 5.36. The third-order valence-corrected chi connectivity index (χ3v) is 6.21. The summed E-state index contributed by atoms with van der Waals surface area (Å²) in [5, 5.41) is 0. The fourth-order valence-corrected chi connectivity index (χ4v) is 4.36. The summed E-state index contributed by atoms with van der Waals surface area (Å²) in [6.07, 6.45) is -4.00. The van der Waals surface area contributed by atoms with Gasteiger partial charge in [0.15, 0.2) is 11.6 Å². The minimum atomic E-state index is -5.45. The van der Waals surface area contributed by atoms with Crippen LogP contribution >= 0.6 is 0 Å². The van der Waals surface area contributed by atoms with Crippen LogP contribution in [0.15, 0.2) is 24.3 Å². The smallest absolute Gasteiger partial charge is 0.429 e. The molecule has 0 atom stereocenters. The van der Waals surface area contributed by atoms with E-state index in [1.807, 2.05) is 0 Å². The number of alkyl halides is 5. The van der Waals surface area contributed by atoms with Crippen LogP contribution in [0.5, 0.6) is 11.5 Å². The Hall–Kier alpha value is -2.59. The summed E-state index contributed by atoms with van der Waals surface area (Å²) in [4.78, 5) is 0. The molecule has 0 heterocycles. The normalized spacial score (nSPS) is 19.0. The lowest BCUT2D eigenvalue weighted by atomic mass is 9.78. The number of hydrogen-bond acceptors (Lipinski definition) is 2. The second kappa shape index (κ2) is 10.6. The number of aryl methyl sites for hydroxylation is 1. The number of benzene rings is 2. The molecule has 0 unspecified atom stereocenters. The average molecular weight is 514 g/mol. The predicted molar refractivity (Wildman–Crippen MR) is 108 cm³/mol. The molecule has 2 nitrogen and oxygen atoms in total. The van der Waals surface area contributed by atoms with Crippen molar-refractivity contribution >= 4 is 0 Å². The van der Waals surface area contributed by atoms with E-state index in [0.29, 0.717) is 18.3 Å². The van der Waals surface area contributed by atoms with Crippen molar-refractivity contribution in [3.63, 3.8) is 0 Å². The summed E-state index contributed by atoms with van der Waals surface area (Å²) in [5.41, 5.74) is -1.62. The lowest BCUT2D eigenvalue weighted by Gasteiger charge is -2.27. The first kappa shape index (κ1) is 27.0. The predicted octanol–water partition coefficient (Wildman–Crippen LogP) is 8.42. The second-order valence-electron chi connectivity index (χ2n) is 8.65. The van der Waals surface area contributed by atoms with Crippen molar-refractivity contribution in [2.75, 3.05) is 0 Å². The molecule has 35 heavy (non-hydrogen) atoms. The van der Waals surface area contributed by atoms with E-state index >= 15 is 0 Å². The highest BCUT2D eigenvalue weighted by Crippen LogP contribution is 2.39. The van der Waals surface area contributed by atoms with Gasteiger partial charge in [0.25, 0.3) is 0 Å². The number of ether oxygens (including phenoxy) is 2. The van der Waals surface area contributed by atoms with Crippen LogP contribution in [0, 0.1) is 35.1 Å². The molecule has 0 bridgehead atoms. The standard InChI is InChI=1S/C24H23F9O2/c1-2-13-3-5-14(6-4-13)7-8-15-9-17(25)21(18(26)10-15)23(29,30)34-16-11-19(27)22(20(28)12-16)35-24(31,32)33/h9-14H,2-8H2,1H3/t13-,14-. The molecule has 2 aromatic carbocycles. The van der Waals surface area contributed by atoms with Gasteiger partial charge >= 0.3 is 12.5 Å². The summed E-state index contributed by atoms with van der Waals surface area (Å²) in [5.74, 6) is -9.39. The molecule has 0 N–H and O–H groups in total. The van der Waals surface area contributed by atoms with Crippen molar-refractivity contribution in [1.82, 2.24) is 0 Å². The Bertz CT molecular complexity index is 982. The zero-order chi connectivity index (χ0) is 26.0. The van der Waals surface area contributed by atoms with Gasteiger partial charge in [-0.25, -0.2) is 17.6 Å². The van der Waals surface area contributed by atoms with E-state index in [4.69, 9.17) is 0 Å². The maximum Gasteiger partial charge on any atom is 0.573 e. The van der Waals surface area contributed by atoms with Gasteiger partial charge in [0.05, 0.1) is 0 Å². The molecule has 2 aromatic rings. The Balaban J connectivity index is 1.73. The van der Waals surface area contributed by atoms with E-state index in [0.717, 1.165) is 44.2 Å². The number of rotatable bonds is 8. The highest BCUT2D eigenvalue weighted by atomic mass is 19.4. The van der Waals surface area contributed by atoms with Crippen LogP contribution < -0.4 is 9.47 Å². The third kappa shape index (κ3) is 6.98. The topological polar surface area (TPSA) is 18.5 Å². The molecule has 1 saturated carbocycles. The zero-order valence-corrected chi connectivity index (χ0v) is 18.6. The minimum absolute atomic E-state index is 0.0183. The Morgan fingerprint density at radius 2 is 1.26 bits per heavy atom. The summed E-state index contributed by atoms with van der Waals surface area (Å²) in [6, 6.07) is 1.45. The highest BCUT2D eigenvalue weighted by Gasteiger charge is 2.42. The van der Waals surface area contributed by atoms with Crippen LogP contribution in [0.1, 0.15) is 56.6 Å². The molecule has 0 aliphatic heterocycles. The van der Waals surface area contributed by atoms with Crippen LogP contribution in [0.4, 0.5) is 39.5 Å². The van der Waals surface area contributed by atoms with Gasteiger partial charge in [-0.2, -0.15) is 8.78 Å². The van der Waals surface area contributed by atoms with Gasteiger partial charge in [0, 0.05) is 12.1 Å². The van der Waals surface area contributed by atoms with Crippen molar-refractivity contribution in [2.24, 2.45) is 11.8 Å². The number of hydrogen-bond donors (Lipinski definition) is 0. The van der Waals surface area contributed by atoms with E-state index in [9.17, 15) is 39.5 Å². The van der Waals surface area contributed by atoms with Gasteiger partial charge in [0.1, 0.15) is 22.9 Å². The van der Waals surface area contributed by atoms with Gasteiger partial charge in [-0.15, -0.1) is 13.2 Å². The van der Waals surface area contributed by atoms with Crippen LogP contribution in [-0.4, -0.2) is 6.36 Å². The van der Waals surface area contributed by atoms with Gasteiger partial charge < -0.3 is 9.47 Å². The summed E-state index contributed by atoms with van der Waals surface area (Å²) < 4.78 is 129. The Kier molecular flexibility index (Phi) is 8.16. The molecule has 0 saturated heterocycles. The Morgan fingerprint density at radius 1 is 0.743 bits per heavy atom. The maximum atomic E-state index is 14.5. The van der Waals surface area contributed by atoms with Crippen molar-refractivity contribution in [1.29, 1.82) is 0 Å². The van der Waals surface area contributed by atoms with Crippen molar-refractivity contribution < 1.29 is 49.0 Å². The molecule has 3 rings (SSSR count). The van der Waals surface area contributed by atoms with Crippen molar-refractivity contribution in [3.8, 4) is 11.5 Å². The molecule has 1 fully saturated rings. The third-order valence-electron chi connectivity index (χ3n) is 6.21. The van der Waals surface area contributed by atoms with Crippen LogP contribution in [0.3, 0.4) is 0 Å². The molecule has 0 radical (unpaired) electrons. The minimum Gasteiger partial charge on any atom is -0.429 e. The molecule has 194 valence electrons. The molecule has 1 aliphatic rings. The monoisotopic (exact) mass is 514 g/mol. The van der Waals surface area contributed by atoms with Gasteiger partial charge in [-0.1, -0.05) is 39.0 Å². The molecular formula is C24H23F9O2. The first-order valence-corrected chi connectivity index (χ1v) is 11.1. The molecular weight excluding hydrogens is 491 g/mol. The van der Waals surface area contributed by atoms with Crippen LogP contribution in [0.2, 0.25) is 0 Å². The quantitative estimate of drug-likeness (QED) is 0.329. The Morgan fingerprint density at radius 3 is 1.74 bits per heavy atom. The fourth-order valence-electron chi connectivity index (χ4n) is 4.36. The van der Waals surface area contributed by atoms with Crippen molar-refractivity contribution in [3.05, 3.63) is 58.7 Å². The van der Waals surface area contributed by atoms with E-state index in [1.54, 1.807) is 0 Å². The maximum absolute atomic E-state index is 14.5. The van der Waals surface area contributed by atoms with E-state index < -0.39 is 52.8 Å². The lowest BCUT2D eigenvalue weighted by molar-refractivity contribution is -0.276. The zero-order valence-electron chi connectivity index (χ0n) is 18.6. The molecule has 0 aromatic heterocycles. The first-order chi connectivity index (χ1) is 16.3. The van der Waals surface area contributed by atoms with Crippen LogP contribution in [-0.2, 0) is 12.5 Å². The van der Waals surface area contributed by atoms with Gasteiger partial charge in [-0.3, -0.25) is 0 Å². The molecule has 11 heteroatoms. The summed E-state index contributed by atoms with van der Waals surface area (Å²) >= 11 is 0. The molecule has 1 aliphatic carbocycles. The van der Waals surface area contributed by atoms with E-state index in [2.05, 4.69) is 16.4 Å². The lowest BCUT2D eigenvalue weighted by Crippen LogP contribution is -2.26. The first-order valence-electron chi connectivity index (χ1n) is 11.1.